The first-order chi connectivity index (χ1) is 8.47. The van der Waals surface area contributed by atoms with Crippen LogP contribution < -0.4 is 0 Å². The molecule has 5 heteroatoms. The topological polar surface area (TPSA) is 25.8 Å². The summed E-state index contributed by atoms with van der Waals surface area (Å²) in [5.74, 6) is -4.08. The van der Waals surface area contributed by atoms with Crippen LogP contribution in [0.25, 0.3) is 0 Å². The van der Waals surface area contributed by atoms with Gasteiger partial charge in [-0.2, -0.15) is 0 Å². The van der Waals surface area contributed by atoms with Crippen molar-refractivity contribution in [3.63, 3.8) is 0 Å². The number of rotatable bonds is 3. The van der Waals surface area contributed by atoms with Gasteiger partial charge < -0.3 is 0 Å². The number of aromatic nitrogens is 2. The highest BCUT2D eigenvalue weighted by Gasteiger charge is 2.28. The molecule has 0 radical (unpaired) electrons. The molecule has 0 aliphatic heterocycles. The average Bonchev–Trinajstić information content (AvgIpc) is 2.31. The molecule has 94 valence electrons. The van der Waals surface area contributed by atoms with Crippen molar-refractivity contribution in [1.82, 2.24) is 9.97 Å². The second-order valence-electron chi connectivity index (χ2n) is 4.13. The molecule has 2 aromatic rings. The van der Waals surface area contributed by atoms with E-state index in [1.54, 1.807) is 12.4 Å². The van der Waals surface area contributed by atoms with E-state index in [0.717, 1.165) is 11.6 Å². The van der Waals surface area contributed by atoms with Gasteiger partial charge in [0.1, 0.15) is 12.1 Å². The van der Waals surface area contributed by atoms with Gasteiger partial charge in [0.05, 0.1) is 5.56 Å². The summed E-state index contributed by atoms with van der Waals surface area (Å²) < 4.78 is 39.6. The molecule has 2 nitrogen and oxygen atoms in total. The summed E-state index contributed by atoms with van der Waals surface area (Å²) in [6.07, 6.45) is 4.98. The number of alkyl halides is 2. The summed E-state index contributed by atoms with van der Waals surface area (Å²) in [6, 6.07) is 3.73. The summed E-state index contributed by atoms with van der Waals surface area (Å²) in [7, 11) is 0. The van der Waals surface area contributed by atoms with E-state index in [4.69, 9.17) is 0 Å². The van der Waals surface area contributed by atoms with Gasteiger partial charge in [-0.25, -0.2) is 23.1 Å². The van der Waals surface area contributed by atoms with Crippen molar-refractivity contribution < 1.29 is 13.2 Å². The zero-order valence-corrected chi connectivity index (χ0v) is 9.70. The predicted molar refractivity (Wildman–Crippen MR) is 60.8 cm³/mol. The molecule has 0 aliphatic rings. The van der Waals surface area contributed by atoms with E-state index in [2.05, 4.69) is 9.97 Å². The fourth-order valence-electron chi connectivity index (χ4n) is 1.68. The minimum absolute atomic E-state index is 0.393. The van der Waals surface area contributed by atoms with Crippen molar-refractivity contribution >= 4 is 0 Å². The zero-order valence-electron chi connectivity index (χ0n) is 9.70. The molecular formula is C13H11F3N2. The third-order valence-electron chi connectivity index (χ3n) is 2.53. The van der Waals surface area contributed by atoms with Gasteiger partial charge in [0, 0.05) is 25.7 Å². The first-order valence-electron chi connectivity index (χ1n) is 5.37. The molecule has 0 N–H and O–H groups in total. The first-order valence-corrected chi connectivity index (χ1v) is 5.37. The Kier molecular flexibility index (Phi) is 3.32. The third-order valence-corrected chi connectivity index (χ3v) is 2.53. The summed E-state index contributed by atoms with van der Waals surface area (Å²) in [5.41, 5.74) is 0.800. The van der Waals surface area contributed by atoms with Gasteiger partial charge in [0.15, 0.2) is 0 Å². The van der Waals surface area contributed by atoms with E-state index < -0.39 is 17.3 Å². The van der Waals surface area contributed by atoms with Crippen LogP contribution in [0.3, 0.4) is 0 Å². The highest BCUT2D eigenvalue weighted by molar-refractivity contribution is 5.31. The maximum absolute atomic E-state index is 13.3. The van der Waals surface area contributed by atoms with Gasteiger partial charge in [0.25, 0.3) is 5.92 Å². The van der Waals surface area contributed by atoms with Gasteiger partial charge in [-0.05, 0) is 23.3 Å². The van der Waals surface area contributed by atoms with Gasteiger partial charge in [0.2, 0.25) is 0 Å². The first kappa shape index (κ1) is 12.5. The Morgan fingerprint density at radius 2 is 1.78 bits per heavy atom. The normalized spacial score (nSPS) is 11.6. The third kappa shape index (κ3) is 2.85. The van der Waals surface area contributed by atoms with Crippen LogP contribution in [0.4, 0.5) is 13.2 Å². The van der Waals surface area contributed by atoms with Crippen molar-refractivity contribution in [2.45, 2.75) is 19.3 Å². The van der Waals surface area contributed by atoms with E-state index in [9.17, 15) is 13.2 Å². The molecule has 0 atom stereocenters. The predicted octanol–water partition coefficient (Wildman–Crippen LogP) is 3.32. The maximum atomic E-state index is 13.3. The second kappa shape index (κ2) is 4.76. The second-order valence-corrected chi connectivity index (χ2v) is 4.13. The van der Waals surface area contributed by atoms with E-state index in [1.165, 1.54) is 18.5 Å². The summed E-state index contributed by atoms with van der Waals surface area (Å²) >= 11 is 0. The Balaban J connectivity index is 2.31. The van der Waals surface area contributed by atoms with Crippen LogP contribution in [0.1, 0.15) is 23.6 Å². The molecule has 2 rings (SSSR count). The minimum atomic E-state index is -3.19. The molecule has 0 fully saturated rings. The average molecular weight is 252 g/mol. The largest absolute Gasteiger partial charge is 0.273 e. The van der Waals surface area contributed by atoms with Gasteiger partial charge in [-0.1, -0.05) is 6.07 Å². The number of hydrogen-bond acceptors (Lipinski definition) is 2. The van der Waals surface area contributed by atoms with Crippen molar-refractivity contribution in [3.05, 3.63) is 59.4 Å². The lowest BCUT2D eigenvalue weighted by Gasteiger charge is -2.13. The fourth-order valence-corrected chi connectivity index (χ4v) is 1.68. The molecule has 0 aliphatic carbocycles. The fraction of sp³-hybridized carbons (Fsp3) is 0.231. The molecule has 18 heavy (non-hydrogen) atoms. The monoisotopic (exact) mass is 252 g/mol. The summed E-state index contributed by atoms with van der Waals surface area (Å²) in [4.78, 5) is 7.67. The van der Waals surface area contributed by atoms with Gasteiger partial charge >= 0.3 is 0 Å². The molecule has 0 saturated carbocycles. The molecule has 1 aromatic heterocycles. The molecule has 0 bridgehead atoms. The van der Waals surface area contributed by atoms with Crippen LogP contribution in [-0.4, -0.2) is 9.97 Å². The van der Waals surface area contributed by atoms with Crippen molar-refractivity contribution in [1.29, 1.82) is 0 Å². The zero-order chi connectivity index (χ0) is 13.2. The standard InChI is InChI=1S/C13H11F3N2/c1-13(15,16)11-5-9(2-3-12(11)14)4-10-6-17-8-18-7-10/h2-3,5-8H,4H2,1H3. The Hall–Kier alpha value is -1.91. The molecule has 0 unspecified atom stereocenters. The highest BCUT2D eigenvalue weighted by Crippen LogP contribution is 2.30. The smallest absolute Gasteiger partial charge is 0.245 e. The minimum Gasteiger partial charge on any atom is -0.245 e. The van der Waals surface area contributed by atoms with Crippen molar-refractivity contribution in [3.8, 4) is 0 Å². The van der Waals surface area contributed by atoms with Gasteiger partial charge in [-0.3, -0.25) is 0 Å². The lowest BCUT2D eigenvalue weighted by molar-refractivity contribution is 0.0137. The molecule has 1 heterocycles. The van der Waals surface area contributed by atoms with E-state index in [-0.39, 0.29) is 0 Å². The van der Waals surface area contributed by atoms with Crippen LogP contribution in [0, 0.1) is 5.82 Å². The molecule has 1 aromatic carbocycles. The van der Waals surface area contributed by atoms with Crippen LogP contribution in [0.2, 0.25) is 0 Å². The Labute approximate surface area is 103 Å². The molecule has 0 spiro atoms. The van der Waals surface area contributed by atoms with Crippen LogP contribution in [0.5, 0.6) is 0 Å². The van der Waals surface area contributed by atoms with E-state index in [1.807, 2.05) is 0 Å². The summed E-state index contributed by atoms with van der Waals surface area (Å²) in [5, 5.41) is 0. The highest BCUT2D eigenvalue weighted by atomic mass is 19.3. The number of hydrogen-bond donors (Lipinski definition) is 0. The quantitative estimate of drug-likeness (QED) is 0.837. The SMILES string of the molecule is CC(F)(F)c1cc(Cc2cncnc2)ccc1F. The lowest BCUT2D eigenvalue weighted by atomic mass is 10.0. The number of nitrogens with zero attached hydrogens (tertiary/aromatic N) is 2. The molecule has 0 saturated heterocycles. The molecular weight excluding hydrogens is 241 g/mol. The van der Waals surface area contributed by atoms with Crippen LogP contribution in [-0.2, 0) is 12.3 Å². The van der Waals surface area contributed by atoms with Crippen LogP contribution in [0.15, 0.2) is 36.9 Å². The Morgan fingerprint density at radius 3 is 2.39 bits per heavy atom. The van der Waals surface area contributed by atoms with E-state index in [0.29, 0.717) is 18.9 Å². The Bertz CT molecular complexity index is 536. The van der Waals surface area contributed by atoms with E-state index >= 15 is 0 Å². The number of benzene rings is 1. The summed E-state index contributed by atoms with van der Waals surface area (Å²) in [6.45, 7) is 0.681. The number of halogens is 3. The van der Waals surface area contributed by atoms with Crippen LogP contribution >= 0.6 is 0 Å². The lowest BCUT2D eigenvalue weighted by Crippen LogP contribution is -2.10. The van der Waals surface area contributed by atoms with Gasteiger partial charge in [-0.15, -0.1) is 0 Å². The maximum Gasteiger partial charge on any atom is 0.273 e. The van der Waals surface area contributed by atoms with Crippen molar-refractivity contribution in [2.24, 2.45) is 0 Å². The molecule has 0 amide bonds. The van der Waals surface area contributed by atoms with Crippen molar-refractivity contribution in [2.75, 3.05) is 0 Å². The Morgan fingerprint density at radius 1 is 1.11 bits per heavy atom.